The number of hydrogen-bond donors (Lipinski definition) is 1. The van der Waals surface area contributed by atoms with Crippen molar-refractivity contribution in [3.63, 3.8) is 0 Å². The summed E-state index contributed by atoms with van der Waals surface area (Å²) in [6.07, 6.45) is 8.09. The summed E-state index contributed by atoms with van der Waals surface area (Å²) in [6.45, 7) is 6.10. The highest BCUT2D eigenvalue weighted by molar-refractivity contribution is 6.06. The number of aryl methyl sites for hydroxylation is 1. The molecule has 0 radical (unpaired) electrons. The predicted octanol–water partition coefficient (Wildman–Crippen LogP) is 5.60. The van der Waals surface area contributed by atoms with Crippen LogP contribution in [0, 0.1) is 11.3 Å². The van der Waals surface area contributed by atoms with E-state index in [1.807, 2.05) is 30.6 Å². The number of benzene rings is 2. The first-order chi connectivity index (χ1) is 17.4. The molecule has 2 aromatic heterocycles. The molecule has 1 saturated heterocycles. The van der Waals surface area contributed by atoms with Gasteiger partial charge in [-0.1, -0.05) is 19.9 Å². The van der Waals surface area contributed by atoms with Crippen LogP contribution in [0.2, 0.25) is 0 Å². The van der Waals surface area contributed by atoms with Crippen LogP contribution in [0.15, 0.2) is 61.1 Å². The molecule has 182 valence electrons. The highest BCUT2D eigenvalue weighted by atomic mass is 16.1. The number of rotatable bonds is 5. The van der Waals surface area contributed by atoms with Gasteiger partial charge in [0.25, 0.3) is 5.91 Å². The van der Waals surface area contributed by atoms with Crippen LogP contribution < -0.4 is 10.2 Å². The van der Waals surface area contributed by atoms with E-state index < -0.39 is 0 Å². The van der Waals surface area contributed by atoms with Gasteiger partial charge in [0.1, 0.15) is 0 Å². The van der Waals surface area contributed by atoms with Crippen molar-refractivity contribution in [1.82, 2.24) is 14.5 Å². The standard InChI is InChI=1S/C29H30N6O/c1-19(2)23-16-31-29(32-17-23)35-11-9-21(10-12-35)26-18-34(3)27-8-7-22(14-25(26)27)28(36)33-24-6-4-5-20(13-24)15-30/h4-8,13-14,16-19,21H,9-12H2,1-3H3,(H,33,36). The lowest BCUT2D eigenvalue weighted by Gasteiger charge is -2.32. The highest BCUT2D eigenvalue weighted by Gasteiger charge is 2.25. The van der Waals surface area contributed by atoms with Crippen molar-refractivity contribution in [3.05, 3.63) is 83.3 Å². The fraction of sp³-hybridized carbons (Fsp3) is 0.310. The molecule has 1 fully saturated rings. The molecule has 2 aromatic carbocycles. The Hall–Kier alpha value is -4.18. The van der Waals surface area contributed by atoms with Crippen molar-refractivity contribution >= 4 is 28.4 Å². The van der Waals surface area contributed by atoms with Crippen LogP contribution >= 0.6 is 0 Å². The van der Waals surface area contributed by atoms with Crippen molar-refractivity contribution in [1.29, 1.82) is 5.26 Å². The van der Waals surface area contributed by atoms with Gasteiger partial charge in [0.05, 0.1) is 11.6 Å². The van der Waals surface area contributed by atoms with Crippen LogP contribution in [-0.2, 0) is 7.05 Å². The Morgan fingerprint density at radius 2 is 1.86 bits per heavy atom. The van der Waals surface area contributed by atoms with Crippen LogP contribution in [0.3, 0.4) is 0 Å². The Morgan fingerprint density at radius 1 is 1.11 bits per heavy atom. The van der Waals surface area contributed by atoms with Crippen molar-refractivity contribution < 1.29 is 4.79 Å². The van der Waals surface area contributed by atoms with Crippen LogP contribution in [0.25, 0.3) is 10.9 Å². The summed E-state index contributed by atoms with van der Waals surface area (Å²) < 4.78 is 2.14. The number of carbonyl (C=O) groups excluding carboxylic acids is 1. The fourth-order valence-corrected chi connectivity index (χ4v) is 4.94. The number of nitriles is 1. The smallest absolute Gasteiger partial charge is 0.255 e. The van der Waals surface area contributed by atoms with E-state index in [2.05, 4.69) is 57.9 Å². The predicted molar refractivity (Wildman–Crippen MR) is 142 cm³/mol. The SMILES string of the molecule is CC(C)c1cnc(N2CCC(c3cn(C)c4ccc(C(=O)Nc5cccc(C#N)c5)cc34)CC2)nc1. The number of anilines is 2. The molecule has 0 unspecified atom stereocenters. The van der Waals surface area contributed by atoms with E-state index in [0.29, 0.717) is 28.7 Å². The second-order valence-electron chi connectivity index (χ2n) is 9.81. The van der Waals surface area contributed by atoms with Crippen LogP contribution in [-0.4, -0.2) is 33.5 Å². The number of nitrogens with one attached hydrogen (secondary N) is 1. The average molecular weight is 479 g/mol. The van der Waals surface area contributed by atoms with E-state index in [1.165, 1.54) is 5.56 Å². The zero-order chi connectivity index (χ0) is 25.2. The van der Waals surface area contributed by atoms with Crippen LogP contribution in [0.1, 0.15) is 65.6 Å². The lowest BCUT2D eigenvalue weighted by atomic mass is 9.89. The van der Waals surface area contributed by atoms with E-state index in [0.717, 1.165) is 48.3 Å². The molecule has 1 aliphatic rings. The molecule has 5 rings (SSSR count). The van der Waals surface area contributed by atoms with Crippen LogP contribution in [0.4, 0.5) is 11.6 Å². The molecule has 1 amide bonds. The number of nitrogens with zero attached hydrogens (tertiary/aromatic N) is 5. The molecule has 4 aromatic rings. The van der Waals surface area contributed by atoms with Crippen molar-refractivity contribution in [2.75, 3.05) is 23.3 Å². The molecule has 0 atom stereocenters. The summed E-state index contributed by atoms with van der Waals surface area (Å²) in [5.74, 6) is 1.45. The van der Waals surface area contributed by atoms with Gasteiger partial charge in [0.15, 0.2) is 0 Å². The van der Waals surface area contributed by atoms with Gasteiger partial charge in [-0.25, -0.2) is 9.97 Å². The molecule has 3 heterocycles. The van der Waals surface area contributed by atoms with E-state index in [1.54, 1.807) is 24.3 Å². The van der Waals surface area contributed by atoms with Gasteiger partial charge in [0.2, 0.25) is 5.95 Å². The first kappa shape index (κ1) is 23.6. The second-order valence-corrected chi connectivity index (χ2v) is 9.81. The minimum absolute atomic E-state index is 0.182. The number of amides is 1. The number of fused-ring (bicyclic) bond motifs is 1. The average Bonchev–Trinajstić information content (AvgIpc) is 3.24. The molecular formula is C29H30N6O. The molecule has 7 heteroatoms. The molecule has 0 bridgehead atoms. The summed E-state index contributed by atoms with van der Waals surface area (Å²) >= 11 is 0. The quantitative estimate of drug-likeness (QED) is 0.403. The summed E-state index contributed by atoms with van der Waals surface area (Å²) in [5.41, 5.74) is 5.28. The van der Waals surface area contributed by atoms with E-state index in [9.17, 15) is 4.79 Å². The maximum absolute atomic E-state index is 13.0. The first-order valence-corrected chi connectivity index (χ1v) is 12.4. The zero-order valence-corrected chi connectivity index (χ0v) is 20.9. The van der Waals surface area contributed by atoms with Gasteiger partial charge in [0, 0.05) is 60.9 Å². The summed E-state index contributed by atoms with van der Waals surface area (Å²) in [7, 11) is 2.05. The van der Waals surface area contributed by atoms with Gasteiger partial charge in [-0.3, -0.25) is 4.79 Å². The summed E-state index contributed by atoms with van der Waals surface area (Å²) in [5, 5.41) is 13.2. The summed E-state index contributed by atoms with van der Waals surface area (Å²) in [6, 6.07) is 14.9. The lowest BCUT2D eigenvalue weighted by Crippen LogP contribution is -2.34. The third kappa shape index (κ3) is 4.67. The van der Waals surface area contributed by atoms with Gasteiger partial charge in [-0.05, 0) is 72.2 Å². The topological polar surface area (TPSA) is 86.8 Å². The normalized spacial score (nSPS) is 14.2. The van der Waals surface area contributed by atoms with Crippen LogP contribution in [0.5, 0.6) is 0 Å². The van der Waals surface area contributed by atoms with Gasteiger partial charge >= 0.3 is 0 Å². The maximum Gasteiger partial charge on any atom is 0.255 e. The van der Waals surface area contributed by atoms with E-state index >= 15 is 0 Å². The van der Waals surface area contributed by atoms with Crippen molar-refractivity contribution in [2.24, 2.45) is 7.05 Å². The molecule has 36 heavy (non-hydrogen) atoms. The molecule has 0 saturated carbocycles. The third-order valence-electron chi connectivity index (χ3n) is 7.07. The van der Waals surface area contributed by atoms with Gasteiger partial charge < -0.3 is 14.8 Å². The Kier molecular flexibility index (Phi) is 6.43. The van der Waals surface area contributed by atoms with Crippen molar-refractivity contribution in [2.45, 2.75) is 38.5 Å². The number of carbonyl (C=O) groups is 1. The molecule has 7 nitrogen and oxygen atoms in total. The Bertz CT molecular complexity index is 1440. The minimum atomic E-state index is -0.182. The zero-order valence-electron chi connectivity index (χ0n) is 20.9. The minimum Gasteiger partial charge on any atom is -0.350 e. The Labute approximate surface area is 211 Å². The molecule has 1 N–H and O–H groups in total. The van der Waals surface area contributed by atoms with Gasteiger partial charge in [-0.2, -0.15) is 5.26 Å². The van der Waals surface area contributed by atoms with Crippen molar-refractivity contribution in [3.8, 4) is 6.07 Å². The monoisotopic (exact) mass is 478 g/mol. The third-order valence-corrected chi connectivity index (χ3v) is 7.07. The molecule has 1 aliphatic heterocycles. The maximum atomic E-state index is 13.0. The Morgan fingerprint density at radius 3 is 2.56 bits per heavy atom. The van der Waals surface area contributed by atoms with E-state index in [-0.39, 0.29) is 5.91 Å². The number of aromatic nitrogens is 3. The summed E-state index contributed by atoms with van der Waals surface area (Å²) in [4.78, 5) is 24.5. The Balaban J connectivity index is 1.33. The molecule has 0 aliphatic carbocycles. The second kappa shape index (κ2) is 9.82. The molecular weight excluding hydrogens is 448 g/mol. The first-order valence-electron chi connectivity index (χ1n) is 12.4. The largest absolute Gasteiger partial charge is 0.350 e. The number of piperidine rings is 1. The highest BCUT2D eigenvalue weighted by Crippen LogP contribution is 2.35. The fourth-order valence-electron chi connectivity index (χ4n) is 4.94. The lowest BCUT2D eigenvalue weighted by molar-refractivity contribution is 0.102. The van der Waals surface area contributed by atoms with Gasteiger partial charge in [-0.15, -0.1) is 0 Å². The number of hydrogen-bond acceptors (Lipinski definition) is 5. The molecule has 0 spiro atoms. The van der Waals surface area contributed by atoms with E-state index in [4.69, 9.17) is 5.26 Å².